The highest BCUT2D eigenvalue weighted by molar-refractivity contribution is 6.02. The van der Waals surface area contributed by atoms with Crippen LogP contribution < -0.4 is 20.6 Å². The van der Waals surface area contributed by atoms with Gasteiger partial charge in [0.2, 0.25) is 5.91 Å². The van der Waals surface area contributed by atoms with Gasteiger partial charge in [-0.05, 0) is 37.5 Å². The highest BCUT2D eigenvalue weighted by Crippen LogP contribution is 2.32. The zero-order chi connectivity index (χ0) is 19.8. The maximum atomic E-state index is 12.6. The van der Waals surface area contributed by atoms with Gasteiger partial charge < -0.3 is 10.1 Å². The fourth-order valence-electron chi connectivity index (χ4n) is 3.74. The predicted molar refractivity (Wildman–Crippen MR) is 101 cm³/mol. The van der Waals surface area contributed by atoms with Crippen LogP contribution >= 0.6 is 0 Å². The number of hydrogen-bond acceptors (Lipinski definition) is 5. The monoisotopic (exact) mass is 385 g/mol. The number of rotatable bonds is 3. The van der Waals surface area contributed by atoms with Crippen LogP contribution in [0.5, 0.6) is 5.75 Å². The third kappa shape index (κ3) is 3.39. The number of nitrogens with one attached hydrogen (secondary N) is 1. The summed E-state index contributed by atoms with van der Waals surface area (Å²) in [4.78, 5) is 38.5. The van der Waals surface area contributed by atoms with E-state index in [0.29, 0.717) is 37.2 Å². The largest absolute Gasteiger partial charge is 0.482 e. The van der Waals surface area contributed by atoms with E-state index in [1.54, 1.807) is 11.6 Å². The third-order valence-electron chi connectivity index (χ3n) is 5.23. The van der Waals surface area contributed by atoms with Crippen molar-refractivity contribution in [1.82, 2.24) is 19.7 Å². The summed E-state index contributed by atoms with van der Waals surface area (Å²) in [5.74, 6) is 0.892. The predicted octanol–water partition coefficient (Wildman–Crippen LogP) is 0.137. The lowest BCUT2D eigenvalue weighted by atomic mass is 10.1. The highest BCUT2D eigenvalue weighted by Gasteiger charge is 2.28. The minimum atomic E-state index is -0.238. The normalized spacial score (nSPS) is 18.7. The molecule has 0 bridgehead atoms. The maximum Gasteiger partial charge on any atom is 0.345 e. The number of anilines is 1. The lowest BCUT2D eigenvalue weighted by Crippen LogP contribution is -2.47. The molecule has 1 N–H and O–H groups in total. The van der Waals surface area contributed by atoms with Crippen LogP contribution in [0, 0.1) is 6.92 Å². The quantitative estimate of drug-likeness (QED) is 0.810. The summed E-state index contributed by atoms with van der Waals surface area (Å²) < 4.78 is 8.46. The van der Waals surface area contributed by atoms with Crippen LogP contribution in [-0.4, -0.2) is 45.4 Å². The Bertz CT molecular complexity index is 993. The zero-order valence-electron chi connectivity index (χ0n) is 16.0. The van der Waals surface area contributed by atoms with Crippen LogP contribution in [0.25, 0.3) is 0 Å². The SMILES string of the molecule is Cc1ccc2c(c1)N(CC(=O)NC1CCc3nn(C)c(=O)n3CC1)C(=O)CO2. The molecular weight excluding hydrogens is 362 g/mol. The second kappa shape index (κ2) is 7.14. The number of carbonyl (C=O) groups is 2. The Hall–Kier alpha value is -3.10. The zero-order valence-corrected chi connectivity index (χ0v) is 16.0. The van der Waals surface area contributed by atoms with Gasteiger partial charge in [0.15, 0.2) is 6.61 Å². The van der Waals surface area contributed by atoms with Crippen molar-refractivity contribution in [2.75, 3.05) is 18.1 Å². The fraction of sp³-hybridized carbons (Fsp3) is 0.474. The van der Waals surface area contributed by atoms with Crippen molar-refractivity contribution < 1.29 is 14.3 Å². The van der Waals surface area contributed by atoms with Crippen molar-refractivity contribution in [3.05, 3.63) is 40.1 Å². The standard InChI is InChI=1S/C19H23N5O4/c1-12-3-5-15-14(9-12)24(18(26)11-28-15)10-17(25)20-13-4-6-16-21-22(2)19(27)23(16)8-7-13/h3,5,9,13H,4,6-8,10-11H2,1-2H3,(H,20,25). The van der Waals surface area contributed by atoms with Gasteiger partial charge in [-0.3, -0.25) is 19.1 Å². The Kier molecular flexibility index (Phi) is 4.66. The van der Waals surface area contributed by atoms with Gasteiger partial charge in [-0.2, -0.15) is 5.10 Å². The number of ether oxygens (including phenoxy) is 1. The van der Waals surface area contributed by atoms with Crippen molar-refractivity contribution in [3.8, 4) is 5.75 Å². The summed E-state index contributed by atoms with van der Waals surface area (Å²) in [6, 6.07) is 5.51. The minimum Gasteiger partial charge on any atom is -0.482 e. The molecule has 148 valence electrons. The minimum absolute atomic E-state index is 0.0541. The van der Waals surface area contributed by atoms with E-state index in [2.05, 4.69) is 10.4 Å². The second-order valence-corrected chi connectivity index (χ2v) is 7.31. The van der Waals surface area contributed by atoms with Crippen LogP contribution in [-0.2, 0) is 29.6 Å². The van der Waals surface area contributed by atoms with E-state index in [1.807, 2.05) is 25.1 Å². The Morgan fingerprint density at radius 3 is 2.96 bits per heavy atom. The summed E-state index contributed by atoms with van der Waals surface area (Å²) in [7, 11) is 1.64. The molecule has 1 unspecified atom stereocenters. The van der Waals surface area contributed by atoms with Gasteiger partial charge in [0.25, 0.3) is 5.91 Å². The average Bonchev–Trinajstić information content (AvgIpc) is 2.81. The van der Waals surface area contributed by atoms with E-state index in [0.717, 1.165) is 11.4 Å². The van der Waals surface area contributed by atoms with Crippen LogP contribution in [0.15, 0.2) is 23.0 Å². The van der Waals surface area contributed by atoms with Gasteiger partial charge in [-0.1, -0.05) is 6.07 Å². The summed E-state index contributed by atoms with van der Waals surface area (Å²) in [5, 5.41) is 7.26. The molecule has 9 heteroatoms. The van der Waals surface area contributed by atoms with E-state index < -0.39 is 0 Å². The molecule has 2 aliphatic rings. The fourth-order valence-corrected chi connectivity index (χ4v) is 3.74. The molecule has 1 aromatic carbocycles. The summed E-state index contributed by atoms with van der Waals surface area (Å²) in [6.07, 6.45) is 1.98. The smallest absolute Gasteiger partial charge is 0.345 e. The van der Waals surface area contributed by atoms with Gasteiger partial charge in [0.1, 0.15) is 18.1 Å². The summed E-state index contributed by atoms with van der Waals surface area (Å²) in [6.45, 7) is 2.32. The van der Waals surface area contributed by atoms with E-state index in [4.69, 9.17) is 4.74 Å². The van der Waals surface area contributed by atoms with E-state index in [1.165, 1.54) is 9.58 Å². The van der Waals surface area contributed by atoms with Crippen molar-refractivity contribution in [2.45, 2.75) is 38.8 Å². The molecule has 9 nitrogen and oxygen atoms in total. The molecular formula is C19H23N5O4. The summed E-state index contributed by atoms with van der Waals surface area (Å²) in [5.41, 5.74) is 1.48. The lowest BCUT2D eigenvalue weighted by molar-refractivity contribution is -0.125. The molecule has 2 aromatic rings. The number of benzene rings is 1. The number of nitrogens with zero attached hydrogens (tertiary/aromatic N) is 4. The van der Waals surface area contributed by atoms with Crippen molar-refractivity contribution in [2.24, 2.45) is 7.05 Å². The third-order valence-corrected chi connectivity index (χ3v) is 5.23. The van der Waals surface area contributed by atoms with E-state index in [9.17, 15) is 14.4 Å². The first kappa shape index (κ1) is 18.3. The topological polar surface area (TPSA) is 98.5 Å². The maximum absolute atomic E-state index is 12.6. The molecule has 3 heterocycles. The van der Waals surface area contributed by atoms with Crippen LogP contribution in [0.4, 0.5) is 5.69 Å². The van der Waals surface area contributed by atoms with Crippen LogP contribution in [0.1, 0.15) is 24.2 Å². The number of fused-ring (bicyclic) bond motifs is 2. The first-order chi connectivity index (χ1) is 13.4. The first-order valence-corrected chi connectivity index (χ1v) is 9.38. The molecule has 0 spiro atoms. The van der Waals surface area contributed by atoms with E-state index in [-0.39, 0.29) is 36.7 Å². The van der Waals surface area contributed by atoms with E-state index >= 15 is 0 Å². The van der Waals surface area contributed by atoms with Crippen molar-refractivity contribution >= 4 is 17.5 Å². The molecule has 0 radical (unpaired) electrons. The molecule has 0 aliphatic carbocycles. The molecule has 4 rings (SSSR count). The van der Waals surface area contributed by atoms with Gasteiger partial charge in [0, 0.05) is 26.1 Å². The highest BCUT2D eigenvalue weighted by atomic mass is 16.5. The Labute approximate surface area is 161 Å². The number of hydrogen-bond donors (Lipinski definition) is 1. The average molecular weight is 385 g/mol. The van der Waals surface area contributed by atoms with Gasteiger partial charge in [0.05, 0.1) is 5.69 Å². The van der Waals surface area contributed by atoms with Crippen LogP contribution in [0.2, 0.25) is 0 Å². The molecule has 2 amide bonds. The first-order valence-electron chi connectivity index (χ1n) is 9.38. The molecule has 0 saturated carbocycles. The lowest BCUT2D eigenvalue weighted by Gasteiger charge is -2.29. The Morgan fingerprint density at radius 2 is 2.14 bits per heavy atom. The Morgan fingerprint density at radius 1 is 1.32 bits per heavy atom. The molecule has 2 aliphatic heterocycles. The Balaban J connectivity index is 1.42. The number of carbonyl (C=O) groups excluding carboxylic acids is 2. The van der Waals surface area contributed by atoms with Crippen molar-refractivity contribution in [1.29, 1.82) is 0 Å². The van der Waals surface area contributed by atoms with Crippen molar-refractivity contribution in [3.63, 3.8) is 0 Å². The van der Waals surface area contributed by atoms with Gasteiger partial charge >= 0.3 is 5.69 Å². The number of aromatic nitrogens is 3. The number of aryl methyl sites for hydroxylation is 3. The molecule has 1 aromatic heterocycles. The molecule has 28 heavy (non-hydrogen) atoms. The second-order valence-electron chi connectivity index (χ2n) is 7.31. The van der Waals surface area contributed by atoms with Gasteiger partial charge in [-0.15, -0.1) is 0 Å². The molecule has 0 fully saturated rings. The number of amides is 2. The summed E-state index contributed by atoms with van der Waals surface area (Å²) >= 11 is 0. The van der Waals surface area contributed by atoms with Crippen LogP contribution in [0.3, 0.4) is 0 Å². The molecule has 0 saturated heterocycles. The molecule has 1 atom stereocenters. The van der Waals surface area contributed by atoms with Gasteiger partial charge in [-0.25, -0.2) is 9.48 Å².